The van der Waals surface area contributed by atoms with Gasteiger partial charge in [0, 0.05) is 18.8 Å². The van der Waals surface area contributed by atoms with Gasteiger partial charge < -0.3 is 25.5 Å². The number of amides is 1. The summed E-state index contributed by atoms with van der Waals surface area (Å²) in [6, 6.07) is 0. The van der Waals surface area contributed by atoms with E-state index in [4.69, 9.17) is 10.3 Å². The first-order chi connectivity index (χ1) is 15.0. The first-order valence-electron chi connectivity index (χ1n) is 11.3. The van der Waals surface area contributed by atoms with Crippen LogP contribution in [0.3, 0.4) is 0 Å². The van der Waals surface area contributed by atoms with Crippen LogP contribution in [-0.4, -0.2) is 36.1 Å². The average molecular weight is 524 g/mol. The summed E-state index contributed by atoms with van der Waals surface area (Å²) in [5, 5.41) is 17.3. The van der Waals surface area contributed by atoms with E-state index in [-0.39, 0.29) is 65.0 Å². The normalized spacial score (nSPS) is 11.5. The molecule has 0 aliphatic carbocycles. The summed E-state index contributed by atoms with van der Waals surface area (Å²) in [6.45, 7) is 2.26. The van der Waals surface area contributed by atoms with Crippen molar-refractivity contribution >= 4 is 28.0 Å². The second-order valence-electron chi connectivity index (χ2n) is 7.70. The molecule has 0 aromatic heterocycles. The third-order valence-electron chi connectivity index (χ3n) is 4.66. The standard InChI is InChI=1S/C18H35NO.C4H6O7S.2Na/c1-2-3-4-5-6-7-8-9-10-11-12-13-14-15-16-17-18(19)20;5-3(6)1-2(4(7)8)12(9,10)11;;/h9-10H,2-8,11-17H2,1H3,(H2,19,20);2H,1H2,(H,5,6)(H,7,8)(H,9,10,11);;/q;;2*+1/p-2/b10-9-;;;. The molecule has 0 fully saturated rings. The second-order valence-corrected chi connectivity index (χ2v) is 9.30. The molecule has 0 radical (unpaired) electrons. The number of primary amides is 1. The molecule has 1 atom stereocenters. The van der Waals surface area contributed by atoms with E-state index in [0.29, 0.717) is 6.42 Å². The molecular weight excluding hydrogens is 484 g/mol. The van der Waals surface area contributed by atoms with Crippen molar-refractivity contribution in [3.8, 4) is 0 Å². The molecule has 0 aliphatic rings. The van der Waals surface area contributed by atoms with Gasteiger partial charge in [-0.1, -0.05) is 70.4 Å². The number of allylic oxidation sites excluding steroid dienone is 2. The number of carboxylic acid groups (broad SMARTS) is 2. The summed E-state index contributed by atoms with van der Waals surface area (Å²) in [4.78, 5) is 30.3. The van der Waals surface area contributed by atoms with Gasteiger partial charge >= 0.3 is 59.1 Å². The topological polar surface area (TPSA) is 178 Å². The predicted molar refractivity (Wildman–Crippen MR) is 119 cm³/mol. The van der Waals surface area contributed by atoms with Gasteiger partial charge in [-0.05, 0) is 32.1 Å². The van der Waals surface area contributed by atoms with Crippen LogP contribution in [0.15, 0.2) is 12.2 Å². The summed E-state index contributed by atoms with van der Waals surface area (Å²) in [6.07, 6.45) is 20.6. The van der Waals surface area contributed by atoms with Crippen LogP contribution in [0.25, 0.3) is 0 Å². The van der Waals surface area contributed by atoms with Crippen molar-refractivity contribution in [2.75, 3.05) is 0 Å². The number of carbonyl (C=O) groups excluding carboxylic acids is 3. The molecule has 188 valence electrons. The van der Waals surface area contributed by atoms with E-state index in [1.165, 1.54) is 70.6 Å². The minimum absolute atomic E-state index is 0. The quantitative estimate of drug-likeness (QED) is 0.0738. The summed E-state index contributed by atoms with van der Waals surface area (Å²) >= 11 is 0. The molecule has 3 N–H and O–H groups in total. The Hall–Kier alpha value is 0.0600. The zero-order valence-electron chi connectivity index (χ0n) is 21.1. The third kappa shape index (κ3) is 32.1. The average Bonchev–Trinajstić information content (AvgIpc) is 2.68. The molecule has 0 bridgehead atoms. The molecule has 9 nitrogen and oxygen atoms in total. The number of carboxylic acids is 2. The maximum absolute atomic E-state index is 10.5. The van der Waals surface area contributed by atoms with E-state index in [2.05, 4.69) is 19.1 Å². The van der Waals surface area contributed by atoms with Crippen molar-refractivity contribution in [2.45, 2.75) is 108 Å². The Morgan fingerprint density at radius 1 is 0.824 bits per heavy atom. The van der Waals surface area contributed by atoms with E-state index in [0.717, 1.165) is 12.8 Å². The maximum Gasteiger partial charge on any atom is 1.00 e. The first kappa shape index (κ1) is 41.2. The minimum atomic E-state index is -4.94. The Balaban J connectivity index is -0.000000279. The Kier molecular flexibility index (Phi) is 33.5. The predicted octanol–water partition coefficient (Wildman–Crippen LogP) is -4.35. The van der Waals surface area contributed by atoms with Gasteiger partial charge in [-0.15, -0.1) is 0 Å². The molecule has 12 heteroatoms. The number of nitrogens with two attached hydrogens (primary N) is 1. The molecule has 1 amide bonds. The summed E-state index contributed by atoms with van der Waals surface area (Å²) < 4.78 is 28.5. The largest absolute Gasteiger partial charge is 1.00 e. The Morgan fingerprint density at radius 2 is 1.24 bits per heavy atom. The second kappa shape index (κ2) is 27.6. The van der Waals surface area contributed by atoms with Crippen LogP contribution in [0, 0.1) is 0 Å². The molecule has 0 aromatic carbocycles. The van der Waals surface area contributed by atoms with Crippen molar-refractivity contribution < 1.29 is 96.7 Å². The van der Waals surface area contributed by atoms with Crippen molar-refractivity contribution in [1.29, 1.82) is 0 Å². The van der Waals surface area contributed by atoms with Crippen molar-refractivity contribution in [3.05, 3.63) is 12.2 Å². The van der Waals surface area contributed by atoms with Gasteiger partial charge in [0.25, 0.3) is 10.1 Å². The number of aliphatic carboxylic acids is 2. The smallest absolute Gasteiger partial charge is 0.550 e. The van der Waals surface area contributed by atoms with Crippen molar-refractivity contribution in [1.82, 2.24) is 0 Å². The van der Waals surface area contributed by atoms with Crippen molar-refractivity contribution in [3.63, 3.8) is 0 Å². The van der Waals surface area contributed by atoms with E-state index in [1.54, 1.807) is 0 Å². The Labute approximate surface area is 249 Å². The van der Waals surface area contributed by atoms with Crippen LogP contribution in [0.1, 0.15) is 103 Å². The van der Waals surface area contributed by atoms with Crippen molar-refractivity contribution in [2.24, 2.45) is 5.73 Å². The van der Waals surface area contributed by atoms with Gasteiger partial charge in [-0.3, -0.25) is 9.35 Å². The molecule has 0 rings (SSSR count). The number of hydrogen-bond acceptors (Lipinski definition) is 7. The molecule has 34 heavy (non-hydrogen) atoms. The molecule has 0 aromatic rings. The maximum atomic E-state index is 10.5. The Bertz CT molecular complexity index is 657. The fourth-order valence-corrected chi connectivity index (χ4v) is 3.42. The number of hydrogen-bond donors (Lipinski definition) is 2. The van der Waals surface area contributed by atoms with E-state index >= 15 is 0 Å². The minimum Gasteiger partial charge on any atom is -0.550 e. The zero-order valence-corrected chi connectivity index (χ0v) is 25.9. The number of unbranched alkanes of at least 4 members (excludes halogenated alkanes) is 11. The van der Waals surface area contributed by atoms with E-state index in [9.17, 15) is 33.0 Å². The van der Waals surface area contributed by atoms with Gasteiger partial charge in [0.1, 0.15) is 5.25 Å². The van der Waals surface area contributed by atoms with Gasteiger partial charge in [0.15, 0.2) is 0 Å². The van der Waals surface area contributed by atoms with Crippen LogP contribution in [0.2, 0.25) is 0 Å². The van der Waals surface area contributed by atoms with Crippen LogP contribution < -0.4 is 75.1 Å². The fraction of sp³-hybridized carbons (Fsp3) is 0.773. The first-order valence-corrected chi connectivity index (χ1v) is 12.8. The molecule has 0 aliphatic heterocycles. The molecule has 0 heterocycles. The third-order valence-corrected chi connectivity index (χ3v) is 5.74. The summed E-state index contributed by atoms with van der Waals surface area (Å²) in [5.74, 6) is -4.24. The summed E-state index contributed by atoms with van der Waals surface area (Å²) in [5.41, 5.74) is 5.10. The number of carbonyl (C=O) groups is 3. The van der Waals surface area contributed by atoms with Crippen LogP contribution >= 0.6 is 0 Å². The van der Waals surface area contributed by atoms with Gasteiger partial charge in [0.2, 0.25) is 5.91 Å². The summed E-state index contributed by atoms with van der Waals surface area (Å²) in [7, 11) is -4.94. The van der Waals surface area contributed by atoms with Gasteiger partial charge in [-0.2, -0.15) is 8.42 Å². The van der Waals surface area contributed by atoms with Crippen LogP contribution in [-0.2, 0) is 24.5 Å². The fourth-order valence-electron chi connectivity index (χ4n) is 2.83. The van der Waals surface area contributed by atoms with Crippen LogP contribution in [0.4, 0.5) is 0 Å². The molecule has 1 unspecified atom stereocenters. The molecular formula is C22H39NNa2O8S. The molecule has 0 spiro atoms. The van der Waals surface area contributed by atoms with Gasteiger partial charge in [0.05, 0.1) is 5.97 Å². The van der Waals surface area contributed by atoms with E-state index < -0.39 is 33.7 Å². The monoisotopic (exact) mass is 523 g/mol. The van der Waals surface area contributed by atoms with E-state index in [1.807, 2.05) is 0 Å². The number of rotatable bonds is 19. The Morgan fingerprint density at radius 3 is 1.56 bits per heavy atom. The zero-order chi connectivity index (χ0) is 24.8. The molecule has 0 saturated heterocycles. The van der Waals surface area contributed by atoms with Crippen LogP contribution in [0.5, 0.6) is 0 Å². The van der Waals surface area contributed by atoms with Gasteiger partial charge in [-0.25, -0.2) is 0 Å². The SMILES string of the molecule is CCCCCCCC/C=C\CCCCCCCC(N)=O.O=C([O-])CC(C(=O)[O-])S(=O)(=O)O.[Na+].[Na+]. The molecule has 0 saturated carbocycles.